The molecule has 4 nitrogen and oxygen atoms in total. The molecule has 0 saturated heterocycles. The van der Waals surface area contributed by atoms with Crippen LogP contribution in [0, 0.1) is 5.92 Å². The van der Waals surface area contributed by atoms with Crippen LogP contribution in [0.5, 0.6) is 0 Å². The molecule has 0 fully saturated rings. The highest BCUT2D eigenvalue weighted by atomic mass is 15.2. The van der Waals surface area contributed by atoms with Crippen molar-refractivity contribution >= 4 is 11.5 Å². The average molecular weight is 274 g/mol. The highest BCUT2D eigenvalue weighted by Gasteiger charge is 2.18. The van der Waals surface area contributed by atoms with E-state index in [2.05, 4.69) is 30.1 Å². The second-order valence-corrected chi connectivity index (χ2v) is 5.24. The van der Waals surface area contributed by atoms with E-state index >= 15 is 0 Å². The molecule has 0 bridgehead atoms. The van der Waals surface area contributed by atoms with E-state index in [1.54, 1.807) is 0 Å². The maximum Gasteiger partial charge on any atom is 0.152 e. The summed E-state index contributed by atoms with van der Waals surface area (Å²) in [6.07, 6.45) is 4.45. The number of fused-ring (bicyclic) bond motifs is 1. The monoisotopic (exact) mass is 274 g/mol. The lowest BCUT2D eigenvalue weighted by Crippen LogP contribution is -2.30. The van der Waals surface area contributed by atoms with Crippen LogP contribution in [0.4, 0.5) is 5.82 Å². The number of anilines is 1. The number of nitrogens with zero attached hydrogens (tertiary/aromatic N) is 3. The van der Waals surface area contributed by atoms with Crippen LogP contribution in [0.3, 0.4) is 0 Å². The molecular weight excluding hydrogens is 248 g/mol. The lowest BCUT2D eigenvalue weighted by molar-refractivity contribution is 0.484. The molecule has 0 atom stereocenters. The summed E-state index contributed by atoms with van der Waals surface area (Å²) in [5.41, 5.74) is 8.04. The Balaban J connectivity index is 2.38. The predicted molar refractivity (Wildman–Crippen MR) is 85.0 cm³/mol. The lowest BCUT2D eigenvalue weighted by atomic mass is 10.0. The van der Waals surface area contributed by atoms with E-state index in [0.717, 1.165) is 30.2 Å². The lowest BCUT2D eigenvalue weighted by Gasteiger charge is -2.26. The third-order valence-corrected chi connectivity index (χ3v) is 4.12. The van der Waals surface area contributed by atoms with Crippen LogP contribution in [-0.4, -0.2) is 22.5 Å². The smallest absolute Gasteiger partial charge is 0.152 e. The van der Waals surface area contributed by atoms with Crippen LogP contribution in [0.25, 0.3) is 5.65 Å². The topological polar surface area (TPSA) is 46.6 Å². The minimum Gasteiger partial charge on any atom is -0.355 e. The summed E-state index contributed by atoms with van der Waals surface area (Å²) in [5, 5.41) is 0. The standard InChI is InChI=1S/C16H26N4/c1-4-13(5-2)12-19(6-3)16-14(11-17)20-10-8-7-9-15(20)18-16/h7-10,13H,4-6,11-12,17H2,1-3H3. The second-order valence-electron chi connectivity index (χ2n) is 5.24. The SMILES string of the molecule is CCC(CC)CN(CC)c1nc2ccccn2c1CN. The summed E-state index contributed by atoms with van der Waals surface area (Å²) in [5.74, 6) is 1.76. The summed E-state index contributed by atoms with van der Waals surface area (Å²) in [6, 6.07) is 6.08. The van der Waals surface area contributed by atoms with Gasteiger partial charge in [0, 0.05) is 25.8 Å². The van der Waals surface area contributed by atoms with Gasteiger partial charge in [0.1, 0.15) is 5.65 Å². The van der Waals surface area contributed by atoms with Crippen LogP contribution < -0.4 is 10.6 Å². The first-order valence-corrected chi connectivity index (χ1v) is 7.66. The zero-order valence-corrected chi connectivity index (χ0v) is 12.8. The molecule has 0 aliphatic carbocycles. The molecule has 20 heavy (non-hydrogen) atoms. The molecule has 0 spiro atoms. The van der Waals surface area contributed by atoms with E-state index in [9.17, 15) is 0 Å². The first-order chi connectivity index (χ1) is 9.74. The Hall–Kier alpha value is -1.55. The molecule has 0 saturated carbocycles. The number of aromatic nitrogens is 2. The molecule has 0 aliphatic heterocycles. The molecule has 2 aromatic rings. The average Bonchev–Trinajstić information content (AvgIpc) is 2.87. The minimum atomic E-state index is 0.514. The second kappa shape index (κ2) is 6.75. The zero-order chi connectivity index (χ0) is 14.5. The molecule has 0 amide bonds. The number of hydrogen-bond donors (Lipinski definition) is 1. The summed E-state index contributed by atoms with van der Waals surface area (Å²) >= 11 is 0. The van der Waals surface area contributed by atoms with Gasteiger partial charge in [-0.2, -0.15) is 0 Å². The van der Waals surface area contributed by atoms with Gasteiger partial charge in [0.15, 0.2) is 5.82 Å². The van der Waals surface area contributed by atoms with Crippen LogP contribution in [0.15, 0.2) is 24.4 Å². The van der Waals surface area contributed by atoms with Crippen LogP contribution in [0.1, 0.15) is 39.3 Å². The Kier molecular flexibility index (Phi) is 5.01. The Morgan fingerprint density at radius 3 is 2.60 bits per heavy atom. The maximum atomic E-state index is 5.96. The Morgan fingerprint density at radius 1 is 1.25 bits per heavy atom. The van der Waals surface area contributed by atoms with Crippen molar-refractivity contribution in [2.75, 3.05) is 18.0 Å². The first kappa shape index (κ1) is 14.9. The van der Waals surface area contributed by atoms with E-state index in [1.165, 1.54) is 12.8 Å². The summed E-state index contributed by atoms with van der Waals surface area (Å²) < 4.78 is 2.10. The third-order valence-electron chi connectivity index (χ3n) is 4.12. The minimum absolute atomic E-state index is 0.514. The van der Waals surface area contributed by atoms with Crippen LogP contribution in [-0.2, 0) is 6.54 Å². The van der Waals surface area contributed by atoms with E-state index in [1.807, 2.05) is 24.4 Å². The van der Waals surface area contributed by atoms with Gasteiger partial charge in [-0.3, -0.25) is 0 Å². The van der Waals surface area contributed by atoms with Crippen molar-refractivity contribution in [1.82, 2.24) is 9.38 Å². The van der Waals surface area contributed by atoms with Crippen molar-refractivity contribution in [2.24, 2.45) is 11.7 Å². The highest BCUT2D eigenvalue weighted by molar-refractivity contribution is 5.56. The van der Waals surface area contributed by atoms with Gasteiger partial charge in [-0.25, -0.2) is 4.98 Å². The molecule has 0 radical (unpaired) electrons. The molecular formula is C16H26N4. The van der Waals surface area contributed by atoms with Crippen LogP contribution >= 0.6 is 0 Å². The molecule has 2 heterocycles. The van der Waals surface area contributed by atoms with E-state index in [0.29, 0.717) is 12.5 Å². The fraction of sp³-hybridized carbons (Fsp3) is 0.562. The van der Waals surface area contributed by atoms with Gasteiger partial charge in [-0.15, -0.1) is 0 Å². The Labute approximate surface area is 121 Å². The molecule has 2 N–H and O–H groups in total. The number of imidazole rings is 1. The zero-order valence-electron chi connectivity index (χ0n) is 12.8. The summed E-state index contributed by atoms with van der Waals surface area (Å²) in [7, 11) is 0. The number of nitrogens with two attached hydrogens (primary N) is 1. The molecule has 0 unspecified atom stereocenters. The van der Waals surface area contributed by atoms with Gasteiger partial charge in [0.05, 0.1) is 5.69 Å². The maximum absolute atomic E-state index is 5.96. The number of rotatable bonds is 7. The number of hydrogen-bond acceptors (Lipinski definition) is 3. The third kappa shape index (κ3) is 2.80. The fourth-order valence-electron chi connectivity index (χ4n) is 2.70. The molecule has 2 rings (SSSR count). The highest BCUT2D eigenvalue weighted by Crippen LogP contribution is 2.23. The summed E-state index contributed by atoms with van der Waals surface area (Å²) in [4.78, 5) is 7.15. The van der Waals surface area contributed by atoms with Gasteiger partial charge in [-0.05, 0) is 25.0 Å². The molecule has 0 aromatic carbocycles. The summed E-state index contributed by atoms with van der Waals surface area (Å²) in [6.45, 7) is 9.24. The van der Waals surface area contributed by atoms with E-state index in [4.69, 9.17) is 10.7 Å². The predicted octanol–water partition coefficient (Wildman–Crippen LogP) is 3.06. The Morgan fingerprint density at radius 2 is 2.00 bits per heavy atom. The molecule has 4 heteroatoms. The molecule has 2 aromatic heterocycles. The van der Waals surface area contributed by atoms with Crippen molar-refractivity contribution in [1.29, 1.82) is 0 Å². The number of pyridine rings is 1. The first-order valence-electron chi connectivity index (χ1n) is 7.66. The van der Waals surface area contributed by atoms with Gasteiger partial charge in [0.2, 0.25) is 0 Å². The van der Waals surface area contributed by atoms with Crippen molar-refractivity contribution < 1.29 is 0 Å². The van der Waals surface area contributed by atoms with Gasteiger partial charge in [0.25, 0.3) is 0 Å². The van der Waals surface area contributed by atoms with Crippen LogP contribution in [0.2, 0.25) is 0 Å². The molecule has 110 valence electrons. The van der Waals surface area contributed by atoms with E-state index in [-0.39, 0.29) is 0 Å². The molecule has 0 aliphatic rings. The van der Waals surface area contributed by atoms with Gasteiger partial charge >= 0.3 is 0 Å². The quantitative estimate of drug-likeness (QED) is 0.844. The van der Waals surface area contributed by atoms with Crippen molar-refractivity contribution in [3.8, 4) is 0 Å². The van der Waals surface area contributed by atoms with Crippen molar-refractivity contribution in [3.05, 3.63) is 30.1 Å². The Bertz CT molecular complexity index is 542. The normalized spacial score (nSPS) is 11.4. The van der Waals surface area contributed by atoms with Gasteiger partial charge < -0.3 is 15.0 Å². The fourth-order valence-corrected chi connectivity index (χ4v) is 2.70. The van der Waals surface area contributed by atoms with Crippen molar-refractivity contribution in [3.63, 3.8) is 0 Å². The largest absolute Gasteiger partial charge is 0.355 e. The van der Waals surface area contributed by atoms with E-state index < -0.39 is 0 Å². The van der Waals surface area contributed by atoms with Crippen molar-refractivity contribution in [2.45, 2.75) is 40.2 Å². The van der Waals surface area contributed by atoms with Gasteiger partial charge in [-0.1, -0.05) is 32.8 Å².